The van der Waals surface area contributed by atoms with E-state index in [0.717, 1.165) is 11.8 Å². The lowest BCUT2D eigenvalue weighted by molar-refractivity contribution is -0.116. The van der Waals surface area contributed by atoms with E-state index in [0.29, 0.717) is 23.6 Å². The fourth-order valence-electron chi connectivity index (χ4n) is 2.48. The van der Waals surface area contributed by atoms with E-state index >= 15 is 0 Å². The normalized spacial score (nSPS) is 11.6. The van der Waals surface area contributed by atoms with Gasteiger partial charge in [-0.2, -0.15) is 0 Å². The number of carbonyl (C=O) groups excluding carboxylic acids is 1. The lowest BCUT2D eigenvalue weighted by Crippen LogP contribution is -2.20. The highest BCUT2D eigenvalue weighted by Gasteiger charge is 2.10. The second-order valence-corrected chi connectivity index (χ2v) is 8.05. The van der Waals surface area contributed by atoms with Crippen molar-refractivity contribution in [2.24, 2.45) is 0 Å². The van der Waals surface area contributed by atoms with Crippen molar-refractivity contribution in [3.8, 4) is 11.3 Å². The van der Waals surface area contributed by atoms with Crippen LogP contribution in [-0.4, -0.2) is 20.6 Å². The number of hydrogen-bond acceptors (Lipinski definition) is 4. The predicted molar refractivity (Wildman–Crippen MR) is 105 cm³/mol. The molecule has 0 aliphatic carbocycles. The van der Waals surface area contributed by atoms with Crippen LogP contribution in [0.3, 0.4) is 0 Å². The van der Waals surface area contributed by atoms with Crippen LogP contribution in [0.5, 0.6) is 0 Å². The summed E-state index contributed by atoms with van der Waals surface area (Å²) in [5, 5.41) is 2.80. The molecule has 0 radical (unpaired) electrons. The van der Waals surface area contributed by atoms with Crippen molar-refractivity contribution in [1.29, 1.82) is 0 Å². The predicted octanol–water partition coefficient (Wildman–Crippen LogP) is 3.68. The van der Waals surface area contributed by atoms with Crippen LogP contribution < -0.4 is 5.32 Å². The number of carbonyl (C=O) groups is 1. The van der Waals surface area contributed by atoms with E-state index in [1.54, 1.807) is 42.5 Å². The highest BCUT2D eigenvalue weighted by atomic mass is 32.2. The quantitative estimate of drug-likeness (QED) is 0.661. The maximum Gasteiger partial charge on any atom is 0.244 e. The van der Waals surface area contributed by atoms with E-state index < -0.39 is 9.84 Å². The van der Waals surface area contributed by atoms with Crippen molar-refractivity contribution >= 4 is 21.8 Å². The molecule has 0 bridgehead atoms. The minimum Gasteiger partial charge on any atom is -0.457 e. The molecule has 0 saturated heterocycles. The maximum absolute atomic E-state index is 11.9. The molecule has 1 heterocycles. The van der Waals surface area contributed by atoms with Gasteiger partial charge in [-0.1, -0.05) is 42.5 Å². The van der Waals surface area contributed by atoms with Crippen LogP contribution in [0.25, 0.3) is 17.4 Å². The van der Waals surface area contributed by atoms with Gasteiger partial charge in [-0.25, -0.2) is 8.42 Å². The van der Waals surface area contributed by atoms with Gasteiger partial charge in [-0.15, -0.1) is 0 Å². The molecule has 6 heteroatoms. The lowest BCUT2D eigenvalue weighted by atomic mass is 10.2. The Balaban J connectivity index is 1.65. The van der Waals surface area contributed by atoms with Crippen LogP contribution in [0, 0.1) is 0 Å². The standard InChI is InChI=1S/C21H19NO4S/c1-27(24,25)19-9-5-8-17(14-19)20-12-10-18(26-20)11-13-21(23)22-15-16-6-3-2-4-7-16/h2-14H,15H2,1H3,(H,22,23)/b13-11+. The summed E-state index contributed by atoms with van der Waals surface area (Å²) in [4.78, 5) is 12.1. The molecule has 0 fully saturated rings. The summed E-state index contributed by atoms with van der Waals surface area (Å²) < 4.78 is 29.0. The summed E-state index contributed by atoms with van der Waals surface area (Å²) in [6, 6.07) is 19.6. The highest BCUT2D eigenvalue weighted by molar-refractivity contribution is 7.90. The van der Waals surface area contributed by atoms with Crippen molar-refractivity contribution < 1.29 is 17.6 Å². The van der Waals surface area contributed by atoms with Crippen molar-refractivity contribution in [1.82, 2.24) is 5.32 Å². The smallest absolute Gasteiger partial charge is 0.244 e. The largest absolute Gasteiger partial charge is 0.457 e. The summed E-state index contributed by atoms with van der Waals surface area (Å²) in [6.07, 6.45) is 4.14. The molecule has 0 aliphatic heterocycles. The molecule has 1 aromatic heterocycles. The molecule has 0 atom stereocenters. The van der Waals surface area contributed by atoms with Crippen LogP contribution in [0.15, 0.2) is 82.1 Å². The Kier molecular flexibility index (Phi) is 5.57. The summed E-state index contributed by atoms with van der Waals surface area (Å²) >= 11 is 0. The second-order valence-electron chi connectivity index (χ2n) is 6.04. The molecule has 0 unspecified atom stereocenters. The molecule has 3 rings (SSSR count). The minimum atomic E-state index is -3.29. The van der Waals surface area contributed by atoms with Crippen LogP contribution in [0.4, 0.5) is 0 Å². The van der Waals surface area contributed by atoms with E-state index in [1.165, 1.54) is 6.08 Å². The van der Waals surface area contributed by atoms with Gasteiger partial charge < -0.3 is 9.73 Å². The topological polar surface area (TPSA) is 76.4 Å². The van der Waals surface area contributed by atoms with Gasteiger partial charge in [0.1, 0.15) is 11.5 Å². The van der Waals surface area contributed by atoms with Gasteiger partial charge in [0.05, 0.1) is 4.90 Å². The van der Waals surface area contributed by atoms with Gasteiger partial charge in [0.25, 0.3) is 0 Å². The zero-order valence-electron chi connectivity index (χ0n) is 14.8. The van der Waals surface area contributed by atoms with E-state index in [4.69, 9.17) is 4.42 Å². The Bertz CT molecular complexity index is 1070. The molecule has 2 aromatic carbocycles. The summed E-state index contributed by atoms with van der Waals surface area (Å²) in [6.45, 7) is 0.450. The molecular formula is C21H19NO4S. The Morgan fingerprint density at radius 3 is 2.56 bits per heavy atom. The molecule has 138 valence electrons. The Labute approximate surface area is 158 Å². The third kappa shape index (κ3) is 5.18. The number of rotatable bonds is 6. The zero-order valence-corrected chi connectivity index (χ0v) is 15.6. The van der Waals surface area contributed by atoms with Gasteiger partial charge in [-0.3, -0.25) is 4.79 Å². The lowest BCUT2D eigenvalue weighted by Gasteiger charge is -2.02. The zero-order chi connectivity index (χ0) is 19.3. The molecular weight excluding hydrogens is 362 g/mol. The first-order valence-electron chi connectivity index (χ1n) is 8.32. The fraction of sp³-hybridized carbons (Fsp3) is 0.0952. The molecule has 0 spiro atoms. The molecule has 1 amide bonds. The second kappa shape index (κ2) is 8.05. The molecule has 5 nitrogen and oxygen atoms in total. The average Bonchev–Trinajstić information content (AvgIpc) is 3.14. The first-order chi connectivity index (χ1) is 12.9. The Morgan fingerprint density at radius 2 is 1.81 bits per heavy atom. The van der Waals surface area contributed by atoms with Crippen molar-refractivity contribution in [2.75, 3.05) is 6.26 Å². The van der Waals surface area contributed by atoms with Crippen molar-refractivity contribution in [3.63, 3.8) is 0 Å². The first-order valence-corrected chi connectivity index (χ1v) is 10.2. The van der Waals surface area contributed by atoms with E-state index in [9.17, 15) is 13.2 Å². The van der Waals surface area contributed by atoms with E-state index in [2.05, 4.69) is 5.32 Å². The number of sulfone groups is 1. The molecule has 27 heavy (non-hydrogen) atoms. The fourth-order valence-corrected chi connectivity index (χ4v) is 3.15. The van der Waals surface area contributed by atoms with Gasteiger partial charge in [0, 0.05) is 24.4 Å². The SMILES string of the molecule is CS(=O)(=O)c1cccc(-c2ccc(/C=C/C(=O)NCc3ccccc3)o2)c1. The number of amides is 1. The number of furan rings is 1. The molecule has 0 aliphatic rings. The highest BCUT2D eigenvalue weighted by Crippen LogP contribution is 2.25. The summed E-state index contributed by atoms with van der Waals surface area (Å²) in [5.41, 5.74) is 1.68. The van der Waals surface area contributed by atoms with Gasteiger partial charge >= 0.3 is 0 Å². The number of nitrogens with one attached hydrogen (secondary N) is 1. The monoisotopic (exact) mass is 381 g/mol. The Hall–Kier alpha value is -3.12. The van der Waals surface area contributed by atoms with Crippen LogP contribution in [0.1, 0.15) is 11.3 Å². The number of hydrogen-bond donors (Lipinski definition) is 1. The average molecular weight is 381 g/mol. The molecule has 0 saturated carbocycles. The summed E-state index contributed by atoms with van der Waals surface area (Å²) in [5.74, 6) is 0.811. The van der Waals surface area contributed by atoms with Crippen LogP contribution in [-0.2, 0) is 21.2 Å². The maximum atomic E-state index is 11.9. The van der Waals surface area contributed by atoms with Gasteiger partial charge in [0.2, 0.25) is 5.91 Å². The molecule has 3 aromatic rings. The van der Waals surface area contributed by atoms with Crippen LogP contribution in [0.2, 0.25) is 0 Å². The number of benzene rings is 2. The third-order valence-electron chi connectivity index (χ3n) is 3.88. The third-order valence-corrected chi connectivity index (χ3v) is 4.99. The van der Waals surface area contributed by atoms with Gasteiger partial charge in [0.15, 0.2) is 9.84 Å². The summed E-state index contributed by atoms with van der Waals surface area (Å²) in [7, 11) is -3.29. The van der Waals surface area contributed by atoms with Crippen molar-refractivity contribution in [2.45, 2.75) is 11.4 Å². The van der Waals surface area contributed by atoms with Crippen LogP contribution >= 0.6 is 0 Å². The van der Waals surface area contributed by atoms with E-state index in [-0.39, 0.29) is 10.8 Å². The Morgan fingerprint density at radius 1 is 1.04 bits per heavy atom. The molecule has 1 N–H and O–H groups in total. The van der Waals surface area contributed by atoms with Gasteiger partial charge in [-0.05, 0) is 35.9 Å². The minimum absolute atomic E-state index is 0.226. The first kappa shape index (κ1) is 18.7. The van der Waals surface area contributed by atoms with E-state index in [1.807, 2.05) is 30.3 Å². The van der Waals surface area contributed by atoms with Crippen molar-refractivity contribution in [3.05, 3.63) is 84.1 Å².